The molecule has 0 fully saturated rings. The molecule has 0 radical (unpaired) electrons. The van der Waals surface area contributed by atoms with Crippen LogP contribution in [0.1, 0.15) is 18.9 Å². The zero-order chi connectivity index (χ0) is 15.7. The molecule has 0 saturated carbocycles. The van der Waals surface area contributed by atoms with Crippen LogP contribution in [0.3, 0.4) is 0 Å². The largest absolute Gasteiger partial charge is 0.488 e. The summed E-state index contributed by atoms with van der Waals surface area (Å²) in [7, 11) is 0. The zero-order valence-electron chi connectivity index (χ0n) is 11.8. The number of aliphatic hydroxyl groups excluding tert-OH is 1. The summed E-state index contributed by atoms with van der Waals surface area (Å²) in [5, 5.41) is 14.2. The quantitative estimate of drug-likeness (QED) is 0.687. The average Bonchev–Trinajstić information content (AvgIpc) is 2.49. The molecule has 0 spiro atoms. The van der Waals surface area contributed by atoms with Crippen molar-refractivity contribution in [2.75, 3.05) is 13.2 Å². The van der Waals surface area contributed by atoms with E-state index in [-0.39, 0.29) is 19.2 Å². The number of benzene rings is 1. The maximum absolute atomic E-state index is 12.1. The van der Waals surface area contributed by atoms with Crippen LogP contribution in [0.2, 0.25) is 0 Å². The van der Waals surface area contributed by atoms with Crippen molar-refractivity contribution in [2.45, 2.75) is 32.4 Å². The van der Waals surface area contributed by atoms with Crippen LogP contribution in [0, 0.1) is 0 Å². The van der Waals surface area contributed by atoms with Gasteiger partial charge in [0.25, 0.3) is 6.43 Å². The van der Waals surface area contributed by atoms with Gasteiger partial charge in [-0.25, -0.2) is 13.6 Å². The number of amides is 2. The van der Waals surface area contributed by atoms with Crippen LogP contribution >= 0.6 is 0 Å². The van der Waals surface area contributed by atoms with Crippen molar-refractivity contribution >= 4 is 6.03 Å². The Morgan fingerprint density at radius 1 is 1.43 bits per heavy atom. The fourth-order valence-corrected chi connectivity index (χ4v) is 1.60. The molecule has 0 saturated heterocycles. The normalized spacial score (nSPS) is 12.0. The van der Waals surface area contributed by atoms with Crippen molar-refractivity contribution in [1.29, 1.82) is 0 Å². The average molecular weight is 302 g/mol. The van der Waals surface area contributed by atoms with Crippen LogP contribution in [0.25, 0.3) is 0 Å². The standard InChI is InChI=1S/C14H20F2N2O3/c1-2-11(8-19)18-14(20)17-7-10-4-3-5-12(6-10)21-9-13(15)16/h3-6,11,13,19H,2,7-9H2,1H3,(H2,17,18,20). The Morgan fingerprint density at radius 2 is 2.19 bits per heavy atom. The molecule has 118 valence electrons. The second kappa shape index (κ2) is 9.12. The second-order valence-electron chi connectivity index (χ2n) is 4.46. The third-order valence-electron chi connectivity index (χ3n) is 2.78. The molecule has 5 nitrogen and oxygen atoms in total. The highest BCUT2D eigenvalue weighted by molar-refractivity contribution is 5.74. The molecule has 0 heterocycles. The molecule has 1 atom stereocenters. The van der Waals surface area contributed by atoms with Crippen molar-refractivity contribution in [3.05, 3.63) is 29.8 Å². The van der Waals surface area contributed by atoms with Gasteiger partial charge in [-0.15, -0.1) is 0 Å². The molecule has 1 rings (SSSR count). The van der Waals surface area contributed by atoms with Gasteiger partial charge in [0, 0.05) is 6.54 Å². The van der Waals surface area contributed by atoms with Crippen LogP contribution in [0.15, 0.2) is 24.3 Å². The third kappa shape index (κ3) is 6.89. The van der Waals surface area contributed by atoms with E-state index in [0.29, 0.717) is 12.2 Å². The summed E-state index contributed by atoms with van der Waals surface area (Å²) < 4.78 is 29.0. The van der Waals surface area contributed by atoms with Gasteiger partial charge in [0.15, 0.2) is 0 Å². The summed E-state index contributed by atoms with van der Waals surface area (Å²) >= 11 is 0. The number of carbonyl (C=O) groups excluding carboxylic acids is 1. The van der Waals surface area contributed by atoms with Crippen LogP contribution in [-0.2, 0) is 6.54 Å². The lowest BCUT2D eigenvalue weighted by molar-refractivity contribution is 0.0818. The number of alkyl halides is 2. The van der Waals surface area contributed by atoms with Gasteiger partial charge in [0.05, 0.1) is 12.6 Å². The molecule has 1 unspecified atom stereocenters. The molecule has 0 aliphatic rings. The van der Waals surface area contributed by atoms with Gasteiger partial charge in [-0.05, 0) is 24.1 Å². The lowest BCUT2D eigenvalue weighted by atomic mass is 10.2. The Labute approximate surface area is 122 Å². The molecule has 0 aliphatic carbocycles. The second-order valence-corrected chi connectivity index (χ2v) is 4.46. The number of hydrogen-bond acceptors (Lipinski definition) is 3. The lowest BCUT2D eigenvalue weighted by Crippen LogP contribution is -2.43. The SMILES string of the molecule is CCC(CO)NC(=O)NCc1cccc(OCC(F)F)c1. The molecular formula is C14H20F2N2O3. The summed E-state index contributed by atoms with van der Waals surface area (Å²) in [6.45, 7) is 1.30. The van der Waals surface area contributed by atoms with E-state index in [4.69, 9.17) is 9.84 Å². The first-order valence-corrected chi connectivity index (χ1v) is 6.70. The van der Waals surface area contributed by atoms with Crippen LogP contribution in [0.5, 0.6) is 5.75 Å². The Balaban J connectivity index is 2.44. The highest BCUT2D eigenvalue weighted by Gasteiger charge is 2.09. The Morgan fingerprint density at radius 3 is 2.81 bits per heavy atom. The summed E-state index contributed by atoms with van der Waals surface area (Å²) in [6, 6.07) is 5.90. The minimum atomic E-state index is -2.53. The first kappa shape index (κ1) is 17.2. The molecule has 1 aromatic rings. The van der Waals surface area contributed by atoms with Gasteiger partial charge in [-0.2, -0.15) is 0 Å². The zero-order valence-corrected chi connectivity index (χ0v) is 11.8. The van der Waals surface area contributed by atoms with Gasteiger partial charge in [0.2, 0.25) is 0 Å². The fourth-order valence-electron chi connectivity index (χ4n) is 1.60. The molecule has 1 aromatic carbocycles. The molecule has 7 heteroatoms. The van der Waals surface area contributed by atoms with E-state index in [9.17, 15) is 13.6 Å². The Hall–Kier alpha value is -1.89. The first-order valence-electron chi connectivity index (χ1n) is 6.70. The van der Waals surface area contributed by atoms with Crippen molar-refractivity contribution in [3.63, 3.8) is 0 Å². The molecule has 0 aliphatic heterocycles. The van der Waals surface area contributed by atoms with E-state index < -0.39 is 19.1 Å². The number of halogens is 2. The van der Waals surface area contributed by atoms with E-state index in [1.807, 2.05) is 6.92 Å². The number of carbonyl (C=O) groups is 1. The topological polar surface area (TPSA) is 70.6 Å². The van der Waals surface area contributed by atoms with E-state index in [0.717, 1.165) is 5.56 Å². The lowest BCUT2D eigenvalue weighted by Gasteiger charge is -2.15. The van der Waals surface area contributed by atoms with Gasteiger partial charge in [-0.1, -0.05) is 19.1 Å². The van der Waals surface area contributed by atoms with E-state index >= 15 is 0 Å². The van der Waals surface area contributed by atoms with Crippen LogP contribution in [-0.4, -0.2) is 36.8 Å². The molecule has 0 aromatic heterocycles. The summed E-state index contributed by atoms with van der Waals surface area (Å²) in [5.41, 5.74) is 0.731. The Bertz CT molecular complexity index is 440. The Kier molecular flexibility index (Phi) is 7.45. The van der Waals surface area contributed by atoms with Gasteiger partial charge >= 0.3 is 6.03 Å². The molecule has 3 N–H and O–H groups in total. The molecule has 0 bridgehead atoms. The van der Waals surface area contributed by atoms with E-state index in [1.165, 1.54) is 0 Å². The monoisotopic (exact) mass is 302 g/mol. The third-order valence-corrected chi connectivity index (χ3v) is 2.78. The fraction of sp³-hybridized carbons (Fsp3) is 0.500. The highest BCUT2D eigenvalue weighted by Crippen LogP contribution is 2.14. The van der Waals surface area contributed by atoms with E-state index in [1.54, 1.807) is 24.3 Å². The minimum absolute atomic E-state index is 0.124. The summed E-state index contributed by atoms with van der Waals surface area (Å²) in [4.78, 5) is 11.6. The van der Waals surface area contributed by atoms with Crippen molar-refractivity contribution in [2.24, 2.45) is 0 Å². The highest BCUT2D eigenvalue weighted by atomic mass is 19.3. The van der Waals surface area contributed by atoms with Crippen molar-refractivity contribution < 1.29 is 23.4 Å². The van der Waals surface area contributed by atoms with E-state index in [2.05, 4.69) is 10.6 Å². The summed E-state index contributed by atoms with van der Waals surface area (Å²) in [5.74, 6) is 0.330. The van der Waals surface area contributed by atoms with Gasteiger partial charge in [0.1, 0.15) is 12.4 Å². The number of aliphatic hydroxyl groups is 1. The number of ether oxygens (including phenoxy) is 1. The molecule has 2 amide bonds. The molecule has 21 heavy (non-hydrogen) atoms. The number of rotatable bonds is 8. The predicted octanol–water partition coefficient (Wildman–Crippen LogP) is 1.90. The number of urea groups is 1. The van der Waals surface area contributed by atoms with Crippen LogP contribution in [0.4, 0.5) is 13.6 Å². The van der Waals surface area contributed by atoms with Crippen LogP contribution < -0.4 is 15.4 Å². The van der Waals surface area contributed by atoms with Crippen molar-refractivity contribution in [3.8, 4) is 5.75 Å². The first-order chi connectivity index (χ1) is 10.0. The van der Waals surface area contributed by atoms with Gasteiger partial charge in [-0.3, -0.25) is 0 Å². The minimum Gasteiger partial charge on any atom is -0.488 e. The number of nitrogens with one attached hydrogen (secondary N) is 2. The maximum atomic E-state index is 12.1. The maximum Gasteiger partial charge on any atom is 0.315 e. The summed E-state index contributed by atoms with van der Waals surface area (Å²) in [6.07, 6.45) is -1.90. The van der Waals surface area contributed by atoms with Gasteiger partial charge < -0.3 is 20.5 Å². The predicted molar refractivity (Wildman–Crippen MR) is 74.5 cm³/mol. The van der Waals surface area contributed by atoms with Crippen molar-refractivity contribution in [1.82, 2.24) is 10.6 Å². The number of hydrogen-bond donors (Lipinski definition) is 3. The molecular weight excluding hydrogens is 282 g/mol. The smallest absolute Gasteiger partial charge is 0.315 e.